The summed E-state index contributed by atoms with van der Waals surface area (Å²) >= 11 is 0. The Morgan fingerprint density at radius 1 is 0.829 bits per heavy atom. The average molecular weight is 604 g/mol. The SMILES string of the molecule is COC(=O)C(F)(F)S(=O)(=O)OC12CC3CC(CC(O)(C3)C1)C2.c1ccc([S+](c2ccccc2)c2ccccc2)cc1. The van der Waals surface area contributed by atoms with Gasteiger partial charge in [0, 0.05) is 6.42 Å². The van der Waals surface area contributed by atoms with Crippen molar-refractivity contribution in [2.75, 3.05) is 7.11 Å². The van der Waals surface area contributed by atoms with E-state index in [1.807, 2.05) is 0 Å². The van der Waals surface area contributed by atoms with Crippen molar-refractivity contribution in [1.29, 1.82) is 0 Å². The highest BCUT2D eigenvalue weighted by Crippen LogP contribution is 2.59. The van der Waals surface area contributed by atoms with Crippen LogP contribution in [0.25, 0.3) is 0 Å². The fraction of sp³-hybridized carbons (Fsp3) is 0.387. The summed E-state index contributed by atoms with van der Waals surface area (Å²) in [6.07, 6.45) is 2.55. The second-order valence-electron chi connectivity index (χ2n) is 11.2. The van der Waals surface area contributed by atoms with Crippen LogP contribution in [-0.4, -0.2) is 43.1 Å². The molecule has 4 bridgehead atoms. The Morgan fingerprint density at radius 2 is 1.24 bits per heavy atom. The van der Waals surface area contributed by atoms with E-state index in [1.165, 1.54) is 14.7 Å². The van der Waals surface area contributed by atoms with Crippen LogP contribution in [0.3, 0.4) is 0 Å². The molecule has 0 aromatic heterocycles. The summed E-state index contributed by atoms with van der Waals surface area (Å²) in [5.74, 6) is -2.04. The lowest BCUT2D eigenvalue weighted by Gasteiger charge is -2.59. The second kappa shape index (κ2) is 11.5. The van der Waals surface area contributed by atoms with E-state index < -0.39 is 32.5 Å². The highest BCUT2D eigenvalue weighted by Gasteiger charge is 2.64. The molecule has 0 heterocycles. The molecule has 0 radical (unpaired) electrons. The number of aliphatic hydroxyl groups is 1. The molecule has 4 fully saturated rings. The van der Waals surface area contributed by atoms with Crippen LogP contribution in [0.2, 0.25) is 0 Å². The fourth-order valence-corrected chi connectivity index (χ4v) is 9.97. The van der Waals surface area contributed by atoms with Crippen LogP contribution >= 0.6 is 0 Å². The average Bonchev–Trinajstić information content (AvgIpc) is 2.93. The minimum Gasteiger partial charge on any atom is -0.464 e. The first-order valence-corrected chi connectivity index (χ1v) is 16.1. The van der Waals surface area contributed by atoms with Gasteiger partial charge in [0.15, 0.2) is 14.7 Å². The predicted octanol–water partition coefficient (Wildman–Crippen LogP) is 5.96. The van der Waals surface area contributed by atoms with E-state index in [-0.39, 0.29) is 29.2 Å². The zero-order valence-electron chi connectivity index (χ0n) is 22.6. The summed E-state index contributed by atoms with van der Waals surface area (Å²) in [5, 5.41) is 5.71. The highest BCUT2D eigenvalue weighted by atomic mass is 32.2. The Balaban J connectivity index is 0.000000166. The summed E-state index contributed by atoms with van der Waals surface area (Å²) in [6, 6.07) is 32.2. The first-order chi connectivity index (χ1) is 19.5. The number of carbonyl (C=O) groups is 1. The van der Waals surface area contributed by atoms with Gasteiger partial charge in [0.2, 0.25) is 0 Å². The maximum atomic E-state index is 13.7. The molecule has 0 aliphatic heterocycles. The first kappa shape index (κ1) is 29.7. The fourth-order valence-electron chi connectivity index (χ4n) is 6.81. The third-order valence-corrected chi connectivity index (χ3v) is 11.5. The first-order valence-electron chi connectivity index (χ1n) is 13.5. The third kappa shape index (κ3) is 6.21. The highest BCUT2D eigenvalue weighted by molar-refractivity contribution is 7.97. The smallest absolute Gasteiger partial charge is 0.464 e. The zero-order valence-corrected chi connectivity index (χ0v) is 24.3. The van der Waals surface area contributed by atoms with E-state index >= 15 is 0 Å². The van der Waals surface area contributed by atoms with Crippen LogP contribution in [0.1, 0.15) is 38.5 Å². The molecule has 7 rings (SSSR count). The summed E-state index contributed by atoms with van der Waals surface area (Å²) in [6.45, 7) is 0. The number of alkyl halides is 2. The molecule has 218 valence electrons. The van der Waals surface area contributed by atoms with E-state index in [1.54, 1.807) is 0 Å². The van der Waals surface area contributed by atoms with Crippen molar-refractivity contribution in [2.24, 2.45) is 11.8 Å². The maximum Gasteiger partial charge on any atom is 0.466 e. The molecule has 10 heteroatoms. The second-order valence-corrected chi connectivity index (χ2v) is 14.8. The molecule has 4 aliphatic rings. The molecular formula is C31H33F2O6S2+. The van der Waals surface area contributed by atoms with Gasteiger partial charge >= 0.3 is 21.3 Å². The topological polar surface area (TPSA) is 89.9 Å². The van der Waals surface area contributed by atoms with Gasteiger partial charge in [0.1, 0.15) is 0 Å². The summed E-state index contributed by atoms with van der Waals surface area (Å²) < 4.78 is 59.9. The van der Waals surface area contributed by atoms with Crippen molar-refractivity contribution in [3.63, 3.8) is 0 Å². The number of hydrogen-bond donors (Lipinski definition) is 1. The van der Waals surface area contributed by atoms with Crippen molar-refractivity contribution in [2.45, 2.75) is 69.7 Å². The normalized spacial score (nSPS) is 26.8. The molecule has 2 unspecified atom stereocenters. The van der Waals surface area contributed by atoms with Gasteiger partial charge in [0.05, 0.1) is 29.2 Å². The third-order valence-electron chi connectivity index (χ3n) is 7.94. The van der Waals surface area contributed by atoms with Crippen LogP contribution in [0, 0.1) is 11.8 Å². The Bertz CT molecular complexity index is 1340. The minimum absolute atomic E-state index is 0.00345. The van der Waals surface area contributed by atoms with Crippen molar-refractivity contribution in [1.82, 2.24) is 0 Å². The lowest BCUT2D eigenvalue weighted by Crippen LogP contribution is -2.61. The Kier molecular flexibility index (Phi) is 8.31. The molecular weight excluding hydrogens is 570 g/mol. The van der Waals surface area contributed by atoms with Crippen LogP contribution in [0.15, 0.2) is 106 Å². The Labute approximate surface area is 242 Å². The van der Waals surface area contributed by atoms with E-state index in [2.05, 4.69) is 95.7 Å². The van der Waals surface area contributed by atoms with Gasteiger partial charge in [0.25, 0.3) is 0 Å². The number of methoxy groups -OCH3 is 1. The molecule has 4 aliphatic carbocycles. The van der Waals surface area contributed by atoms with Gasteiger partial charge in [-0.05, 0) is 80.3 Å². The number of esters is 1. The van der Waals surface area contributed by atoms with E-state index in [4.69, 9.17) is 4.18 Å². The molecule has 0 saturated heterocycles. The number of carbonyl (C=O) groups excluding carboxylic acids is 1. The maximum absolute atomic E-state index is 13.7. The lowest BCUT2D eigenvalue weighted by molar-refractivity contribution is -0.189. The molecule has 1 N–H and O–H groups in total. The van der Waals surface area contributed by atoms with E-state index in [0.717, 1.165) is 6.42 Å². The standard InChI is InChI=1S/C18H15S.C13H18F2O6S/c1-4-10-16(11-5-1)19(17-12-6-2-7-13-17)18-14-8-3-9-15-18;1-20-10(16)13(14,15)22(18,19)21-12-5-8-2-9(6-12)4-11(17,3-8)7-12/h1-15H;8-9,17H,2-7H2,1H3/q+1;. The van der Waals surface area contributed by atoms with Gasteiger partial charge in [-0.1, -0.05) is 54.6 Å². The molecule has 0 amide bonds. The summed E-state index contributed by atoms with van der Waals surface area (Å²) in [7, 11) is -4.81. The van der Waals surface area contributed by atoms with Gasteiger partial charge in [-0.15, -0.1) is 0 Å². The van der Waals surface area contributed by atoms with Crippen LogP contribution in [0.5, 0.6) is 0 Å². The summed E-state index contributed by atoms with van der Waals surface area (Å²) in [4.78, 5) is 15.1. The molecule has 3 aromatic rings. The molecule has 4 saturated carbocycles. The number of hydrogen-bond acceptors (Lipinski definition) is 6. The Hall–Kier alpha value is -2.79. The summed E-state index contributed by atoms with van der Waals surface area (Å²) in [5.41, 5.74) is -2.39. The van der Waals surface area contributed by atoms with Gasteiger partial charge < -0.3 is 9.84 Å². The molecule has 6 nitrogen and oxygen atoms in total. The molecule has 3 aromatic carbocycles. The predicted molar refractivity (Wildman–Crippen MR) is 151 cm³/mol. The largest absolute Gasteiger partial charge is 0.466 e. The monoisotopic (exact) mass is 603 g/mol. The molecule has 2 atom stereocenters. The number of ether oxygens (including phenoxy) is 1. The number of benzene rings is 3. The van der Waals surface area contributed by atoms with Crippen LogP contribution in [-0.2, 0) is 34.7 Å². The van der Waals surface area contributed by atoms with Gasteiger partial charge in [-0.2, -0.15) is 17.2 Å². The quantitative estimate of drug-likeness (QED) is 0.204. The molecule has 0 spiro atoms. The van der Waals surface area contributed by atoms with Crippen molar-refractivity contribution >= 4 is 27.0 Å². The van der Waals surface area contributed by atoms with Crippen molar-refractivity contribution in [3.05, 3.63) is 91.0 Å². The Morgan fingerprint density at radius 3 is 1.61 bits per heavy atom. The van der Waals surface area contributed by atoms with Gasteiger partial charge in [-0.3, -0.25) is 4.18 Å². The van der Waals surface area contributed by atoms with Crippen molar-refractivity contribution in [3.8, 4) is 0 Å². The van der Waals surface area contributed by atoms with E-state index in [0.29, 0.717) is 32.8 Å². The lowest BCUT2D eigenvalue weighted by atomic mass is 9.52. The number of halogens is 2. The van der Waals surface area contributed by atoms with Crippen LogP contribution in [0.4, 0.5) is 8.78 Å². The van der Waals surface area contributed by atoms with Gasteiger partial charge in [-0.25, -0.2) is 4.79 Å². The number of rotatable bonds is 7. The molecule has 41 heavy (non-hydrogen) atoms. The van der Waals surface area contributed by atoms with Crippen LogP contribution < -0.4 is 0 Å². The van der Waals surface area contributed by atoms with E-state index in [9.17, 15) is 27.1 Å². The minimum atomic E-state index is -5.48. The zero-order chi connectivity index (χ0) is 29.3. The van der Waals surface area contributed by atoms with Crippen molar-refractivity contribution < 1.29 is 36.0 Å².